The molecule has 0 aliphatic rings. The molecule has 0 aliphatic carbocycles. The summed E-state index contributed by atoms with van der Waals surface area (Å²) in [4.78, 5) is 9.81. The van der Waals surface area contributed by atoms with E-state index < -0.39 is 5.82 Å². The first kappa shape index (κ1) is 15.6. The van der Waals surface area contributed by atoms with Gasteiger partial charge in [0.25, 0.3) is 0 Å². The Hall–Kier alpha value is -1.47. The lowest BCUT2D eigenvalue weighted by molar-refractivity contribution is 0.170. The van der Waals surface area contributed by atoms with E-state index >= 15 is 0 Å². The van der Waals surface area contributed by atoms with E-state index in [4.69, 9.17) is 9.47 Å². The molecule has 0 aromatic carbocycles. The summed E-state index contributed by atoms with van der Waals surface area (Å²) in [5, 5.41) is 2.80. The van der Waals surface area contributed by atoms with Crippen molar-refractivity contribution in [1.29, 1.82) is 0 Å². The second kappa shape index (κ2) is 7.85. The van der Waals surface area contributed by atoms with Gasteiger partial charge in [0, 0.05) is 27.8 Å². The summed E-state index contributed by atoms with van der Waals surface area (Å²) in [6, 6.07) is -0.0192. The van der Waals surface area contributed by atoms with E-state index in [1.54, 1.807) is 21.3 Å². The predicted octanol–water partition coefficient (Wildman–Crippen LogP) is 1.15. The van der Waals surface area contributed by atoms with E-state index in [-0.39, 0.29) is 11.9 Å². The highest BCUT2D eigenvalue weighted by molar-refractivity contribution is 5.44. The van der Waals surface area contributed by atoms with E-state index in [2.05, 4.69) is 15.3 Å². The molecule has 0 aliphatic heterocycles. The van der Waals surface area contributed by atoms with E-state index in [1.807, 2.05) is 11.8 Å². The summed E-state index contributed by atoms with van der Waals surface area (Å²) in [5.74, 6) is 0.169. The highest BCUT2D eigenvalue weighted by atomic mass is 19.1. The van der Waals surface area contributed by atoms with E-state index in [1.165, 1.54) is 0 Å². The molecule has 1 aromatic heterocycles. The normalized spacial score (nSPS) is 12.3. The Kier molecular flexibility index (Phi) is 6.44. The Balaban J connectivity index is 3.00. The number of hydrogen-bond acceptors (Lipinski definition) is 6. The quantitative estimate of drug-likeness (QED) is 0.766. The van der Waals surface area contributed by atoms with Crippen LogP contribution in [-0.4, -0.2) is 57.0 Å². The summed E-state index contributed by atoms with van der Waals surface area (Å²) in [7, 11) is 4.91. The zero-order valence-corrected chi connectivity index (χ0v) is 11.8. The Morgan fingerprint density at radius 1 is 1.42 bits per heavy atom. The number of halogens is 1. The second-order valence-corrected chi connectivity index (χ2v) is 4.11. The minimum atomic E-state index is -0.460. The molecular weight excluding hydrogens is 251 g/mol. The zero-order valence-electron chi connectivity index (χ0n) is 11.8. The first-order valence-corrected chi connectivity index (χ1v) is 6.08. The molecule has 1 rings (SSSR count). The molecule has 1 N–H and O–H groups in total. The lowest BCUT2D eigenvalue weighted by atomic mass is 10.3. The fraction of sp³-hybridized carbons (Fsp3) is 0.667. The number of nitrogens with one attached hydrogen (secondary N) is 1. The van der Waals surface area contributed by atoms with Crippen LogP contribution in [0, 0.1) is 5.82 Å². The molecule has 1 aromatic rings. The first-order valence-electron chi connectivity index (χ1n) is 6.08. The van der Waals surface area contributed by atoms with Gasteiger partial charge in [0.15, 0.2) is 11.6 Å². The monoisotopic (exact) mass is 272 g/mol. The molecule has 1 atom stereocenters. The van der Waals surface area contributed by atoms with Crippen molar-refractivity contribution in [3.05, 3.63) is 12.0 Å². The number of aromatic nitrogens is 2. The third-order valence-electron chi connectivity index (χ3n) is 2.70. The SMILES string of the molecule is CNc1ncc(F)c(N(CCOC)C(C)COC)n1. The van der Waals surface area contributed by atoms with Gasteiger partial charge in [0.2, 0.25) is 5.95 Å². The van der Waals surface area contributed by atoms with E-state index in [0.717, 1.165) is 6.20 Å². The third kappa shape index (κ3) is 4.29. The van der Waals surface area contributed by atoms with Crippen LogP contribution in [0.25, 0.3) is 0 Å². The van der Waals surface area contributed by atoms with Gasteiger partial charge < -0.3 is 19.7 Å². The maximum atomic E-state index is 13.9. The van der Waals surface area contributed by atoms with Crippen LogP contribution < -0.4 is 10.2 Å². The van der Waals surface area contributed by atoms with E-state index in [9.17, 15) is 4.39 Å². The van der Waals surface area contributed by atoms with Crippen LogP contribution in [0.4, 0.5) is 16.2 Å². The summed E-state index contributed by atoms with van der Waals surface area (Å²) in [5.41, 5.74) is 0. The fourth-order valence-corrected chi connectivity index (χ4v) is 1.74. The second-order valence-electron chi connectivity index (χ2n) is 4.11. The maximum Gasteiger partial charge on any atom is 0.224 e. The summed E-state index contributed by atoms with van der Waals surface area (Å²) < 4.78 is 24.1. The van der Waals surface area contributed by atoms with Crippen molar-refractivity contribution in [2.75, 3.05) is 51.2 Å². The van der Waals surface area contributed by atoms with Crippen LogP contribution in [-0.2, 0) is 9.47 Å². The third-order valence-corrected chi connectivity index (χ3v) is 2.70. The number of ether oxygens (including phenoxy) is 2. The standard InChI is InChI=1S/C12H21FN4O2/c1-9(8-19-4)17(5-6-18-3)11-10(13)7-15-12(14-2)16-11/h7,9H,5-6,8H2,1-4H3,(H,14,15,16). The molecule has 108 valence electrons. The first-order chi connectivity index (χ1) is 9.13. The van der Waals surface area contributed by atoms with Crippen molar-refractivity contribution in [2.45, 2.75) is 13.0 Å². The van der Waals surface area contributed by atoms with E-state index in [0.29, 0.717) is 25.7 Å². The van der Waals surface area contributed by atoms with Crippen molar-refractivity contribution in [3.8, 4) is 0 Å². The Morgan fingerprint density at radius 3 is 2.74 bits per heavy atom. The highest BCUT2D eigenvalue weighted by Crippen LogP contribution is 2.19. The van der Waals surface area contributed by atoms with Gasteiger partial charge in [0.1, 0.15) is 0 Å². The van der Waals surface area contributed by atoms with Crippen molar-refractivity contribution in [1.82, 2.24) is 9.97 Å². The van der Waals surface area contributed by atoms with Gasteiger partial charge in [-0.2, -0.15) is 4.98 Å². The van der Waals surface area contributed by atoms with Gasteiger partial charge in [-0.25, -0.2) is 9.37 Å². The molecule has 0 radical (unpaired) electrons. The van der Waals surface area contributed by atoms with Crippen molar-refractivity contribution in [3.63, 3.8) is 0 Å². The number of anilines is 2. The van der Waals surface area contributed by atoms with Gasteiger partial charge in [0.05, 0.1) is 25.5 Å². The predicted molar refractivity (Wildman–Crippen MR) is 72.1 cm³/mol. The number of nitrogens with zero attached hydrogens (tertiary/aromatic N) is 3. The van der Waals surface area contributed by atoms with Crippen molar-refractivity contribution in [2.24, 2.45) is 0 Å². The lowest BCUT2D eigenvalue weighted by Gasteiger charge is -2.29. The molecule has 0 spiro atoms. The Labute approximate surface area is 112 Å². The zero-order chi connectivity index (χ0) is 14.3. The van der Waals surface area contributed by atoms with Gasteiger partial charge >= 0.3 is 0 Å². The average molecular weight is 272 g/mol. The maximum absolute atomic E-state index is 13.9. The largest absolute Gasteiger partial charge is 0.383 e. The minimum absolute atomic E-state index is 0.0192. The van der Waals surface area contributed by atoms with Gasteiger partial charge in [-0.05, 0) is 6.92 Å². The van der Waals surface area contributed by atoms with Crippen LogP contribution in [0.5, 0.6) is 0 Å². The number of rotatable bonds is 8. The lowest BCUT2D eigenvalue weighted by Crippen LogP contribution is -2.40. The number of methoxy groups -OCH3 is 2. The molecule has 19 heavy (non-hydrogen) atoms. The molecule has 1 heterocycles. The Morgan fingerprint density at radius 2 is 2.16 bits per heavy atom. The van der Waals surface area contributed by atoms with Gasteiger partial charge in [-0.1, -0.05) is 0 Å². The van der Waals surface area contributed by atoms with Crippen LogP contribution in [0.1, 0.15) is 6.92 Å². The Bertz CT molecular complexity index is 392. The van der Waals surface area contributed by atoms with Crippen molar-refractivity contribution >= 4 is 11.8 Å². The van der Waals surface area contributed by atoms with Gasteiger partial charge in [-0.3, -0.25) is 0 Å². The molecule has 0 bridgehead atoms. The highest BCUT2D eigenvalue weighted by Gasteiger charge is 2.20. The van der Waals surface area contributed by atoms with Crippen LogP contribution in [0.15, 0.2) is 6.20 Å². The van der Waals surface area contributed by atoms with Crippen molar-refractivity contribution < 1.29 is 13.9 Å². The van der Waals surface area contributed by atoms with Gasteiger partial charge in [-0.15, -0.1) is 0 Å². The summed E-state index contributed by atoms with van der Waals surface area (Å²) in [6.07, 6.45) is 1.16. The topological polar surface area (TPSA) is 59.5 Å². The molecular formula is C12H21FN4O2. The average Bonchev–Trinajstić information content (AvgIpc) is 2.41. The fourth-order valence-electron chi connectivity index (χ4n) is 1.74. The molecule has 0 saturated heterocycles. The van der Waals surface area contributed by atoms with Crippen LogP contribution in [0.2, 0.25) is 0 Å². The smallest absolute Gasteiger partial charge is 0.224 e. The molecule has 0 amide bonds. The minimum Gasteiger partial charge on any atom is -0.383 e. The molecule has 0 saturated carbocycles. The summed E-state index contributed by atoms with van der Waals surface area (Å²) in [6.45, 7) is 3.42. The summed E-state index contributed by atoms with van der Waals surface area (Å²) >= 11 is 0. The molecule has 1 unspecified atom stereocenters. The molecule has 7 heteroatoms. The van der Waals surface area contributed by atoms with Crippen LogP contribution >= 0.6 is 0 Å². The number of hydrogen-bond donors (Lipinski definition) is 1. The molecule has 0 fully saturated rings. The molecule has 6 nitrogen and oxygen atoms in total. The van der Waals surface area contributed by atoms with Crippen LogP contribution in [0.3, 0.4) is 0 Å².